The van der Waals surface area contributed by atoms with Gasteiger partial charge in [-0.05, 0) is 69.4 Å². The molecule has 3 heterocycles. The van der Waals surface area contributed by atoms with Gasteiger partial charge in [-0.2, -0.15) is 0 Å². The number of aromatic nitrogens is 2. The smallest absolute Gasteiger partial charge is 0.160 e. The topological polar surface area (TPSA) is 42.2 Å². The number of benzene rings is 8. The van der Waals surface area contributed by atoms with Gasteiger partial charge in [0.1, 0.15) is 5.58 Å². The third kappa shape index (κ3) is 5.29. The molecule has 0 atom stereocenters. The van der Waals surface area contributed by atoms with Gasteiger partial charge in [0.2, 0.25) is 0 Å². The largest absolute Gasteiger partial charge is 0.454 e. The molecule has 0 unspecified atom stereocenters. The lowest BCUT2D eigenvalue weighted by molar-refractivity contribution is 0.629. The number of fused-ring (bicyclic) bond motifs is 9. The Balaban J connectivity index is 1.10. The number of furan rings is 1. The summed E-state index contributed by atoms with van der Waals surface area (Å²) in [5, 5.41) is 4.73. The van der Waals surface area contributed by atoms with Crippen molar-refractivity contribution in [2.24, 2.45) is 0 Å². The maximum absolute atomic E-state index is 6.90. The Labute approximate surface area is 331 Å². The van der Waals surface area contributed by atoms with Crippen molar-refractivity contribution in [1.82, 2.24) is 9.97 Å². The summed E-state index contributed by atoms with van der Waals surface area (Å²) in [5.41, 5.74) is 14.4. The van der Waals surface area contributed by atoms with Gasteiger partial charge in [0.25, 0.3) is 0 Å². The van der Waals surface area contributed by atoms with Crippen molar-refractivity contribution in [3.05, 3.63) is 199 Å². The molecular formula is C53H37N3O. The number of anilines is 3. The quantitative estimate of drug-likeness (QED) is 0.177. The number of para-hydroxylation sites is 2. The Morgan fingerprint density at radius 2 is 1.05 bits per heavy atom. The summed E-state index contributed by atoms with van der Waals surface area (Å²) < 4.78 is 6.90. The van der Waals surface area contributed by atoms with Crippen LogP contribution in [0.5, 0.6) is 0 Å². The zero-order valence-electron chi connectivity index (χ0n) is 31.6. The van der Waals surface area contributed by atoms with Gasteiger partial charge in [-0.3, -0.25) is 0 Å². The predicted octanol–water partition coefficient (Wildman–Crippen LogP) is 14.3. The van der Waals surface area contributed by atoms with Crippen molar-refractivity contribution in [3.63, 3.8) is 0 Å². The van der Waals surface area contributed by atoms with Gasteiger partial charge in [-0.1, -0.05) is 166 Å². The van der Waals surface area contributed by atoms with Gasteiger partial charge in [0.05, 0.1) is 22.8 Å². The van der Waals surface area contributed by atoms with Crippen LogP contribution in [0.4, 0.5) is 17.1 Å². The van der Waals surface area contributed by atoms with Crippen molar-refractivity contribution >= 4 is 49.8 Å². The van der Waals surface area contributed by atoms with Crippen LogP contribution in [0.1, 0.15) is 25.0 Å². The molecule has 0 aliphatic carbocycles. The molecule has 0 bridgehead atoms. The lowest BCUT2D eigenvalue weighted by atomic mass is 9.71. The maximum atomic E-state index is 6.90. The zero-order valence-corrected chi connectivity index (χ0v) is 31.6. The van der Waals surface area contributed by atoms with E-state index >= 15 is 0 Å². The molecule has 11 rings (SSSR count). The Bertz CT molecular complexity index is 3150. The van der Waals surface area contributed by atoms with Crippen molar-refractivity contribution in [2.45, 2.75) is 19.3 Å². The summed E-state index contributed by atoms with van der Waals surface area (Å²) in [5.74, 6) is 0.688. The number of rotatable bonds is 5. The highest BCUT2D eigenvalue weighted by atomic mass is 16.3. The highest BCUT2D eigenvalue weighted by Gasteiger charge is 2.41. The molecular weight excluding hydrogens is 695 g/mol. The van der Waals surface area contributed by atoms with E-state index in [0.717, 1.165) is 78.2 Å². The minimum Gasteiger partial charge on any atom is -0.454 e. The van der Waals surface area contributed by atoms with Crippen LogP contribution in [0.25, 0.3) is 77.7 Å². The number of hydrogen-bond acceptors (Lipinski definition) is 4. The Morgan fingerprint density at radius 3 is 1.81 bits per heavy atom. The fourth-order valence-corrected chi connectivity index (χ4v) is 8.94. The summed E-state index contributed by atoms with van der Waals surface area (Å²) in [6.07, 6.45) is 0. The average Bonchev–Trinajstić information content (AvgIpc) is 3.67. The van der Waals surface area contributed by atoms with Crippen LogP contribution in [0, 0.1) is 0 Å². The van der Waals surface area contributed by atoms with Gasteiger partial charge < -0.3 is 9.32 Å². The SMILES string of the molecule is CC1(C)c2ccccc2N(c2ccc(-c3cc(-c4ccccc4)nc(-c4cccc(-c5ccccc5)c4)n3)cc2)c2c1c1ccccc1c1c2oc2ccccc21. The van der Waals surface area contributed by atoms with E-state index in [1.807, 2.05) is 12.1 Å². The molecule has 0 amide bonds. The van der Waals surface area contributed by atoms with Gasteiger partial charge in [-0.15, -0.1) is 0 Å². The van der Waals surface area contributed by atoms with Crippen LogP contribution in [-0.2, 0) is 5.41 Å². The summed E-state index contributed by atoms with van der Waals surface area (Å²) in [6.45, 7) is 4.69. The molecule has 0 N–H and O–H groups in total. The lowest BCUT2D eigenvalue weighted by Gasteiger charge is -2.42. The molecule has 0 radical (unpaired) electrons. The molecule has 57 heavy (non-hydrogen) atoms. The summed E-state index contributed by atoms with van der Waals surface area (Å²) in [7, 11) is 0. The highest BCUT2D eigenvalue weighted by Crippen LogP contribution is 2.58. The molecule has 270 valence electrons. The van der Waals surface area contributed by atoms with E-state index in [1.165, 1.54) is 21.9 Å². The fraction of sp³-hybridized carbons (Fsp3) is 0.0566. The van der Waals surface area contributed by atoms with E-state index in [4.69, 9.17) is 14.4 Å². The van der Waals surface area contributed by atoms with Crippen LogP contribution in [0.15, 0.2) is 192 Å². The molecule has 10 aromatic rings. The standard InChI is InChI=1S/C53H37N3O/c1-53(2)43-25-12-13-26-46(43)56(50-49(53)41-23-10-9-22-40(41)48-42-24-11-14-27-47(42)57-51(48)50)39-30-28-36(29-31-39)45-33-44(35-18-7-4-8-19-35)54-52(55-45)38-21-15-20-37(32-38)34-16-5-3-6-17-34/h3-33H,1-2H3. The summed E-state index contributed by atoms with van der Waals surface area (Å²) >= 11 is 0. The van der Waals surface area contributed by atoms with Crippen LogP contribution < -0.4 is 4.90 Å². The van der Waals surface area contributed by atoms with Crippen molar-refractivity contribution < 1.29 is 4.42 Å². The van der Waals surface area contributed by atoms with Crippen molar-refractivity contribution in [1.29, 1.82) is 0 Å². The minimum atomic E-state index is -0.294. The number of nitrogens with zero attached hydrogens (tertiary/aromatic N) is 3. The third-order valence-electron chi connectivity index (χ3n) is 11.6. The minimum absolute atomic E-state index is 0.294. The second-order valence-corrected chi connectivity index (χ2v) is 15.4. The van der Waals surface area contributed by atoms with Crippen LogP contribution in [0.3, 0.4) is 0 Å². The lowest BCUT2D eigenvalue weighted by Crippen LogP contribution is -2.31. The van der Waals surface area contributed by atoms with E-state index < -0.39 is 0 Å². The van der Waals surface area contributed by atoms with E-state index in [-0.39, 0.29) is 5.41 Å². The van der Waals surface area contributed by atoms with E-state index in [9.17, 15) is 0 Å². The van der Waals surface area contributed by atoms with Crippen LogP contribution >= 0.6 is 0 Å². The van der Waals surface area contributed by atoms with E-state index in [0.29, 0.717) is 5.82 Å². The summed E-state index contributed by atoms with van der Waals surface area (Å²) in [6, 6.07) is 66.3. The predicted molar refractivity (Wildman–Crippen MR) is 235 cm³/mol. The van der Waals surface area contributed by atoms with E-state index in [2.05, 4.69) is 195 Å². The van der Waals surface area contributed by atoms with Gasteiger partial charge >= 0.3 is 0 Å². The molecule has 8 aromatic carbocycles. The molecule has 0 spiro atoms. The number of hydrogen-bond donors (Lipinski definition) is 0. The first-order chi connectivity index (χ1) is 28.0. The van der Waals surface area contributed by atoms with Crippen LogP contribution in [0.2, 0.25) is 0 Å². The normalized spacial score (nSPS) is 13.2. The fourth-order valence-electron chi connectivity index (χ4n) is 8.94. The summed E-state index contributed by atoms with van der Waals surface area (Å²) in [4.78, 5) is 12.8. The zero-order chi connectivity index (χ0) is 38.1. The molecule has 4 heteroatoms. The Hall–Kier alpha value is -7.30. The average molecular weight is 732 g/mol. The third-order valence-corrected chi connectivity index (χ3v) is 11.6. The first kappa shape index (κ1) is 33.1. The molecule has 0 saturated carbocycles. The molecule has 0 saturated heterocycles. The first-order valence-electron chi connectivity index (χ1n) is 19.5. The monoisotopic (exact) mass is 731 g/mol. The second kappa shape index (κ2) is 12.9. The van der Waals surface area contributed by atoms with Crippen molar-refractivity contribution in [3.8, 4) is 45.0 Å². The Kier molecular flexibility index (Phi) is 7.48. The maximum Gasteiger partial charge on any atom is 0.160 e. The second-order valence-electron chi connectivity index (χ2n) is 15.4. The van der Waals surface area contributed by atoms with E-state index in [1.54, 1.807) is 0 Å². The molecule has 1 aliphatic heterocycles. The molecule has 1 aliphatic rings. The van der Waals surface area contributed by atoms with Gasteiger partial charge in [0, 0.05) is 38.6 Å². The van der Waals surface area contributed by atoms with Gasteiger partial charge in [-0.25, -0.2) is 9.97 Å². The Morgan fingerprint density at radius 1 is 0.474 bits per heavy atom. The highest BCUT2D eigenvalue weighted by molar-refractivity contribution is 6.25. The molecule has 0 fully saturated rings. The van der Waals surface area contributed by atoms with Crippen molar-refractivity contribution in [2.75, 3.05) is 4.90 Å². The molecule has 4 nitrogen and oxygen atoms in total. The molecule has 2 aromatic heterocycles. The van der Waals surface area contributed by atoms with Crippen LogP contribution in [-0.4, -0.2) is 9.97 Å². The first-order valence-corrected chi connectivity index (χ1v) is 19.5. The van der Waals surface area contributed by atoms with Gasteiger partial charge in [0.15, 0.2) is 11.4 Å².